The Labute approximate surface area is 262 Å². The van der Waals surface area contributed by atoms with E-state index in [1.54, 1.807) is 0 Å². The normalized spacial score (nSPS) is 13.3. The third-order valence-electron chi connectivity index (χ3n) is 9.65. The van der Waals surface area contributed by atoms with Gasteiger partial charge in [0.25, 0.3) is 0 Å². The Balaban J connectivity index is 1.18. The molecule has 1 aliphatic carbocycles. The van der Waals surface area contributed by atoms with Crippen LogP contribution >= 0.6 is 0 Å². The molecule has 0 unspecified atom stereocenters. The Hall–Kier alpha value is -5.60. The first-order chi connectivity index (χ1) is 22.0. The van der Waals surface area contributed by atoms with E-state index in [9.17, 15) is 0 Å². The second-order valence-electron chi connectivity index (χ2n) is 12.6. The minimum atomic E-state index is -0.0265. The van der Waals surface area contributed by atoms with Crippen LogP contribution < -0.4 is 4.90 Å². The van der Waals surface area contributed by atoms with Crippen LogP contribution in [-0.2, 0) is 5.41 Å². The molecule has 0 spiro atoms. The van der Waals surface area contributed by atoms with Gasteiger partial charge in [-0.1, -0.05) is 111 Å². The summed E-state index contributed by atoms with van der Waals surface area (Å²) in [5.74, 6) is 0. The Kier molecular flexibility index (Phi) is 5.58. The molecule has 0 amide bonds. The number of benzene rings is 7. The van der Waals surface area contributed by atoms with Crippen molar-refractivity contribution in [1.29, 1.82) is 0 Å². The predicted octanol–water partition coefficient (Wildman–Crippen LogP) is 12.2. The summed E-state index contributed by atoms with van der Waals surface area (Å²) in [5, 5.41) is 4.76. The van der Waals surface area contributed by atoms with E-state index in [1.807, 2.05) is 12.1 Å². The summed E-state index contributed by atoms with van der Waals surface area (Å²) in [6.07, 6.45) is 0. The minimum Gasteiger partial charge on any atom is -0.456 e. The van der Waals surface area contributed by atoms with E-state index < -0.39 is 0 Å². The van der Waals surface area contributed by atoms with Gasteiger partial charge in [-0.25, -0.2) is 0 Å². The highest BCUT2D eigenvalue weighted by atomic mass is 16.3. The Morgan fingerprint density at radius 2 is 1.09 bits per heavy atom. The molecule has 9 rings (SSSR count). The van der Waals surface area contributed by atoms with Gasteiger partial charge in [0.05, 0.1) is 0 Å². The van der Waals surface area contributed by atoms with Gasteiger partial charge >= 0.3 is 0 Å². The lowest BCUT2D eigenvalue weighted by Gasteiger charge is -2.27. The zero-order valence-corrected chi connectivity index (χ0v) is 25.3. The second-order valence-corrected chi connectivity index (χ2v) is 12.6. The number of fused-ring (bicyclic) bond motifs is 7. The smallest absolute Gasteiger partial charge is 0.135 e. The molecule has 0 fully saturated rings. The quantitative estimate of drug-likeness (QED) is 0.207. The third-order valence-corrected chi connectivity index (χ3v) is 9.65. The molecular formula is C43H31NO. The molecule has 0 atom stereocenters. The van der Waals surface area contributed by atoms with Gasteiger partial charge in [0.1, 0.15) is 11.2 Å². The fourth-order valence-corrected chi connectivity index (χ4v) is 7.32. The van der Waals surface area contributed by atoms with Crippen LogP contribution in [0, 0.1) is 0 Å². The maximum absolute atomic E-state index is 6.08. The van der Waals surface area contributed by atoms with Crippen molar-refractivity contribution in [3.8, 4) is 22.3 Å². The van der Waals surface area contributed by atoms with Crippen LogP contribution in [0.2, 0.25) is 0 Å². The molecule has 7 aromatic carbocycles. The number of para-hydroxylation sites is 1. The maximum atomic E-state index is 6.08. The van der Waals surface area contributed by atoms with E-state index in [0.717, 1.165) is 39.0 Å². The molecule has 8 aromatic rings. The van der Waals surface area contributed by atoms with Gasteiger partial charge in [0.2, 0.25) is 0 Å². The minimum absolute atomic E-state index is 0.0265. The summed E-state index contributed by atoms with van der Waals surface area (Å²) in [6, 6.07) is 54.9. The second kappa shape index (κ2) is 9.70. The molecule has 0 aliphatic heterocycles. The summed E-state index contributed by atoms with van der Waals surface area (Å²) in [4.78, 5) is 2.39. The van der Waals surface area contributed by atoms with Crippen molar-refractivity contribution < 1.29 is 4.42 Å². The number of rotatable bonds is 4. The molecular weight excluding hydrogens is 546 g/mol. The third kappa shape index (κ3) is 4.03. The van der Waals surface area contributed by atoms with E-state index in [-0.39, 0.29) is 5.41 Å². The van der Waals surface area contributed by atoms with E-state index >= 15 is 0 Å². The Morgan fingerprint density at radius 3 is 1.98 bits per heavy atom. The van der Waals surface area contributed by atoms with Crippen LogP contribution in [-0.4, -0.2) is 0 Å². The summed E-state index contributed by atoms with van der Waals surface area (Å²) in [7, 11) is 0. The molecule has 2 nitrogen and oxygen atoms in total. The molecule has 1 aromatic heterocycles. The highest BCUT2D eigenvalue weighted by Crippen LogP contribution is 2.50. The van der Waals surface area contributed by atoms with Gasteiger partial charge in [0.15, 0.2) is 0 Å². The molecule has 0 saturated carbocycles. The summed E-state index contributed by atoms with van der Waals surface area (Å²) >= 11 is 0. The zero-order valence-electron chi connectivity index (χ0n) is 25.3. The maximum Gasteiger partial charge on any atom is 0.135 e. The summed E-state index contributed by atoms with van der Waals surface area (Å²) < 4.78 is 6.08. The lowest BCUT2D eigenvalue weighted by molar-refractivity contribution is 0.660. The van der Waals surface area contributed by atoms with Crippen molar-refractivity contribution in [2.24, 2.45) is 0 Å². The van der Waals surface area contributed by atoms with Crippen LogP contribution in [0.5, 0.6) is 0 Å². The molecule has 0 saturated heterocycles. The van der Waals surface area contributed by atoms with E-state index in [0.29, 0.717) is 0 Å². The van der Waals surface area contributed by atoms with Gasteiger partial charge in [-0.2, -0.15) is 0 Å². The number of hydrogen-bond donors (Lipinski definition) is 0. The first kappa shape index (κ1) is 25.9. The lowest BCUT2D eigenvalue weighted by atomic mass is 9.82. The molecule has 0 radical (unpaired) electrons. The fourth-order valence-electron chi connectivity index (χ4n) is 7.32. The van der Waals surface area contributed by atoms with Gasteiger partial charge in [-0.05, 0) is 98.8 Å². The molecule has 1 aliphatic rings. The SMILES string of the molecule is CC1(C)c2ccccc2-c2cc(N(c3ccc(-c4ccc5oc6ccccc6c5c4)cc3)c3ccc4ccccc4c3)ccc21. The van der Waals surface area contributed by atoms with Crippen LogP contribution in [0.4, 0.5) is 17.1 Å². The molecule has 2 heteroatoms. The Bertz CT molecular complexity index is 2410. The van der Waals surface area contributed by atoms with Crippen molar-refractivity contribution in [3.63, 3.8) is 0 Å². The van der Waals surface area contributed by atoms with E-state index in [2.05, 4.69) is 158 Å². The molecule has 214 valence electrons. The van der Waals surface area contributed by atoms with Crippen LogP contribution in [0.1, 0.15) is 25.0 Å². The predicted molar refractivity (Wildman–Crippen MR) is 189 cm³/mol. The molecule has 0 bridgehead atoms. The van der Waals surface area contributed by atoms with E-state index in [4.69, 9.17) is 4.42 Å². The number of furan rings is 1. The lowest BCUT2D eigenvalue weighted by Crippen LogP contribution is -2.15. The van der Waals surface area contributed by atoms with Crippen molar-refractivity contribution >= 4 is 49.8 Å². The first-order valence-corrected chi connectivity index (χ1v) is 15.6. The van der Waals surface area contributed by atoms with E-state index in [1.165, 1.54) is 44.2 Å². The molecule has 1 heterocycles. The Morgan fingerprint density at radius 1 is 0.444 bits per heavy atom. The number of nitrogens with zero attached hydrogens (tertiary/aromatic N) is 1. The van der Waals surface area contributed by atoms with Crippen LogP contribution in [0.15, 0.2) is 156 Å². The zero-order chi connectivity index (χ0) is 30.1. The standard InChI is InChI=1S/C43H31NO/c1-43(2)39-13-7-5-11-35(39)37-27-34(22-23-40(37)43)44(33-21-17-28-9-3-4-10-30(28)25-33)32-19-15-29(16-20-32)31-18-24-42-38(26-31)36-12-6-8-14-41(36)45-42/h3-27H,1-2H3. The monoisotopic (exact) mass is 577 g/mol. The molecule has 45 heavy (non-hydrogen) atoms. The van der Waals surface area contributed by atoms with Crippen molar-refractivity contribution in [2.75, 3.05) is 4.90 Å². The summed E-state index contributed by atoms with van der Waals surface area (Å²) in [6.45, 7) is 4.67. The first-order valence-electron chi connectivity index (χ1n) is 15.6. The van der Waals surface area contributed by atoms with Gasteiger partial charge in [0, 0.05) is 33.2 Å². The van der Waals surface area contributed by atoms with Gasteiger partial charge in [-0.3, -0.25) is 0 Å². The topological polar surface area (TPSA) is 16.4 Å². The highest BCUT2D eigenvalue weighted by molar-refractivity contribution is 6.06. The van der Waals surface area contributed by atoms with Gasteiger partial charge < -0.3 is 9.32 Å². The highest BCUT2D eigenvalue weighted by Gasteiger charge is 2.35. The van der Waals surface area contributed by atoms with Crippen LogP contribution in [0.3, 0.4) is 0 Å². The van der Waals surface area contributed by atoms with Crippen molar-refractivity contribution in [3.05, 3.63) is 163 Å². The van der Waals surface area contributed by atoms with Crippen molar-refractivity contribution in [1.82, 2.24) is 0 Å². The number of anilines is 3. The molecule has 0 N–H and O–H groups in total. The van der Waals surface area contributed by atoms with Gasteiger partial charge in [-0.15, -0.1) is 0 Å². The average Bonchev–Trinajstić information content (AvgIpc) is 3.57. The fraction of sp³-hybridized carbons (Fsp3) is 0.0698. The summed E-state index contributed by atoms with van der Waals surface area (Å²) in [5.41, 5.74) is 13.0. The average molecular weight is 578 g/mol. The van der Waals surface area contributed by atoms with Crippen molar-refractivity contribution in [2.45, 2.75) is 19.3 Å². The largest absolute Gasteiger partial charge is 0.456 e. The van der Waals surface area contributed by atoms with Crippen LogP contribution in [0.25, 0.3) is 55.0 Å². The number of hydrogen-bond acceptors (Lipinski definition) is 2.